The summed E-state index contributed by atoms with van der Waals surface area (Å²) in [5, 5.41) is 6.82. The molecule has 5 nitrogen and oxygen atoms in total. The summed E-state index contributed by atoms with van der Waals surface area (Å²) >= 11 is 0. The molecule has 2 aromatic heterocycles. The average molecular weight is 285 g/mol. The van der Waals surface area contributed by atoms with Gasteiger partial charge in [0.1, 0.15) is 5.69 Å². The molecule has 0 aliphatic heterocycles. The first-order valence-corrected chi connectivity index (χ1v) is 6.10. The lowest BCUT2D eigenvalue weighted by Gasteiger charge is -2.10. The van der Waals surface area contributed by atoms with Crippen LogP contribution in [0, 0.1) is 0 Å². The van der Waals surface area contributed by atoms with Crippen molar-refractivity contribution in [3.8, 4) is 11.4 Å². The Morgan fingerprint density at radius 1 is 1.25 bits per heavy atom. The maximum atomic E-state index is 12.8. The molecule has 20 heavy (non-hydrogen) atoms. The molecule has 0 fully saturated rings. The van der Waals surface area contributed by atoms with E-state index in [1.165, 1.54) is 4.68 Å². The molecular formula is C12H14F3N5. The summed E-state index contributed by atoms with van der Waals surface area (Å²) in [7, 11) is 1.69. The molecule has 0 saturated carbocycles. The predicted octanol–water partition coefficient (Wildman–Crippen LogP) is 2.72. The van der Waals surface area contributed by atoms with Crippen LogP contribution >= 0.6 is 0 Å². The van der Waals surface area contributed by atoms with Gasteiger partial charge in [0.05, 0.1) is 5.69 Å². The van der Waals surface area contributed by atoms with E-state index >= 15 is 0 Å². The quantitative estimate of drug-likeness (QED) is 0.938. The number of aromatic nitrogens is 4. The van der Waals surface area contributed by atoms with Gasteiger partial charge in [0.2, 0.25) is 5.95 Å². The second-order valence-corrected chi connectivity index (χ2v) is 4.26. The maximum absolute atomic E-state index is 12.8. The third-order valence-corrected chi connectivity index (χ3v) is 2.53. The van der Waals surface area contributed by atoms with Crippen molar-refractivity contribution in [3.63, 3.8) is 0 Å². The molecular weight excluding hydrogens is 271 g/mol. The number of nitrogens with one attached hydrogen (secondary N) is 1. The number of aryl methyl sites for hydroxylation is 1. The monoisotopic (exact) mass is 285 g/mol. The fourth-order valence-corrected chi connectivity index (χ4v) is 1.59. The molecule has 2 aromatic rings. The highest BCUT2D eigenvalue weighted by atomic mass is 19.4. The molecule has 0 atom stereocenters. The Kier molecular flexibility index (Phi) is 3.91. The lowest BCUT2D eigenvalue weighted by atomic mass is 10.2. The lowest BCUT2D eigenvalue weighted by Crippen LogP contribution is -2.13. The van der Waals surface area contributed by atoms with Gasteiger partial charge in [0.25, 0.3) is 0 Å². The minimum atomic E-state index is -4.52. The molecule has 0 unspecified atom stereocenters. The van der Waals surface area contributed by atoms with E-state index in [-0.39, 0.29) is 11.6 Å². The molecule has 0 bridgehead atoms. The number of anilines is 1. The summed E-state index contributed by atoms with van der Waals surface area (Å²) < 4.78 is 40.0. The first-order chi connectivity index (χ1) is 9.40. The van der Waals surface area contributed by atoms with E-state index in [0.717, 1.165) is 12.5 Å². The van der Waals surface area contributed by atoms with Crippen molar-refractivity contribution in [2.45, 2.75) is 19.5 Å². The average Bonchev–Trinajstić information content (AvgIpc) is 2.82. The van der Waals surface area contributed by atoms with Crippen molar-refractivity contribution in [3.05, 3.63) is 24.0 Å². The molecule has 0 radical (unpaired) electrons. The van der Waals surface area contributed by atoms with Crippen LogP contribution in [0.4, 0.5) is 19.1 Å². The van der Waals surface area contributed by atoms with Gasteiger partial charge >= 0.3 is 6.18 Å². The Bertz CT molecular complexity index is 591. The van der Waals surface area contributed by atoms with E-state index in [1.807, 2.05) is 6.92 Å². The molecule has 1 N–H and O–H groups in total. The van der Waals surface area contributed by atoms with Crippen molar-refractivity contribution >= 4 is 5.95 Å². The number of halogens is 3. The molecule has 2 heterocycles. The highest BCUT2D eigenvalue weighted by molar-refractivity contribution is 5.56. The van der Waals surface area contributed by atoms with E-state index in [4.69, 9.17) is 0 Å². The Hall–Kier alpha value is -2.12. The van der Waals surface area contributed by atoms with Crippen LogP contribution < -0.4 is 5.32 Å². The van der Waals surface area contributed by atoms with E-state index in [0.29, 0.717) is 12.2 Å². The molecule has 8 heteroatoms. The normalized spacial score (nSPS) is 11.7. The standard InChI is InChI=1S/C12H14F3N5/c1-3-5-16-11-17-9(8-4-6-20(2)19-8)7-10(18-11)12(13,14)15/h4,6-7H,3,5H2,1-2H3,(H,16,17,18). The highest BCUT2D eigenvalue weighted by Gasteiger charge is 2.34. The fraction of sp³-hybridized carbons (Fsp3) is 0.417. The number of hydrogen-bond acceptors (Lipinski definition) is 4. The Labute approximate surface area is 113 Å². The lowest BCUT2D eigenvalue weighted by molar-refractivity contribution is -0.141. The molecule has 0 saturated heterocycles. The summed E-state index contributed by atoms with van der Waals surface area (Å²) in [6, 6.07) is 2.51. The fourth-order valence-electron chi connectivity index (χ4n) is 1.59. The Morgan fingerprint density at radius 3 is 2.55 bits per heavy atom. The highest BCUT2D eigenvalue weighted by Crippen LogP contribution is 2.30. The van der Waals surface area contributed by atoms with Crippen LogP contribution in [0.5, 0.6) is 0 Å². The largest absolute Gasteiger partial charge is 0.433 e. The third kappa shape index (κ3) is 3.25. The molecule has 108 valence electrons. The van der Waals surface area contributed by atoms with Crippen molar-refractivity contribution < 1.29 is 13.2 Å². The zero-order valence-corrected chi connectivity index (χ0v) is 11.1. The third-order valence-electron chi connectivity index (χ3n) is 2.53. The van der Waals surface area contributed by atoms with Crippen LogP contribution in [0.15, 0.2) is 18.3 Å². The molecule has 0 spiro atoms. The molecule has 2 rings (SSSR count). The van der Waals surface area contributed by atoms with Crippen LogP contribution in [0.3, 0.4) is 0 Å². The first-order valence-electron chi connectivity index (χ1n) is 6.10. The van der Waals surface area contributed by atoms with Crippen molar-refractivity contribution in [2.24, 2.45) is 7.05 Å². The van der Waals surface area contributed by atoms with Gasteiger partial charge in [-0.3, -0.25) is 4.68 Å². The van der Waals surface area contributed by atoms with Gasteiger partial charge < -0.3 is 5.32 Å². The Morgan fingerprint density at radius 2 is 2.00 bits per heavy atom. The van der Waals surface area contributed by atoms with Gasteiger partial charge in [-0.25, -0.2) is 9.97 Å². The van der Waals surface area contributed by atoms with E-state index in [9.17, 15) is 13.2 Å². The zero-order valence-electron chi connectivity index (χ0n) is 11.1. The van der Waals surface area contributed by atoms with Gasteiger partial charge in [0.15, 0.2) is 5.69 Å². The number of nitrogens with zero attached hydrogens (tertiary/aromatic N) is 4. The molecule has 0 aliphatic rings. The van der Waals surface area contributed by atoms with Crippen molar-refractivity contribution in [1.29, 1.82) is 0 Å². The maximum Gasteiger partial charge on any atom is 0.433 e. The SMILES string of the molecule is CCCNc1nc(-c2ccn(C)n2)cc(C(F)(F)F)n1. The van der Waals surface area contributed by atoms with E-state index in [1.54, 1.807) is 19.3 Å². The molecule has 0 amide bonds. The van der Waals surface area contributed by atoms with Gasteiger partial charge in [-0.15, -0.1) is 0 Å². The summed E-state index contributed by atoms with van der Waals surface area (Å²) in [5.41, 5.74) is -0.460. The van der Waals surface area contributed by atoms with Crippen LogP contribution in [0.1, 0.15) is 19.0 Å². The molecule has 0 aromatic carbocycles. The van der Waals surface area contributed by atoms with Crippen LogP contribution in [-0.4, -0.2) is 26.3 Å². The second kappa shape index (κ2) is 5.48. The first kappa shape index (κ1) is 14.3. The van der Waals surface area contributed by atoms with Gasteiger partial charge in [0, 0.05) is 19.8 Å². The van der Waals surface area contributed by atoms with Gasteiger partial charge in [-0.2, -0.15) is 18.3 Å². The number of alkyl halides is 3. The van der Waals surface area contributed by atoms with Crippen LogP contribution in [0.25, 0.3) is 11.4 Å². The van der Waals surface area contributed by atoms with Gasteiger partial charge in [-0.1, -0.05) is 6.92 Å². The van der Waals surface area contributed by atoms with E-state index < -0.39 is 11.9 Å². The zero-order chi connectivity index (χ0) is 14.8. The minimum absolute atomic E-state index is 0.0395. The number of rotatable bonds is 4. The number of hydrogen-bond donors (Lipinski definition) is 1. The topological polar surface area (TPSA) is 55.6 Å². The predicted molar refractivity (Wildman–Crippen MR) is 68.0 cm³/mol. The van der Waals surface area contributed by atoms with Crippen LogP contribution in [-0.2, 0) is 13.2 Å². The molecule has 0 aliphatic carbocycles. The summed E-state index contributed by atoms with van der Waals surface area (Å²) in [5.74, 6) is -0.0395. The van der Waals surface area contributed by atoms with Gasteiger partial charge in [-0.05, 0) is 18.6 Å². The minimum Gasteiger partial charge on any atom is -0.354 e. The second-order valence-electron chi connectivity index (χ2n) is 4.26. The Balaban J connectivity index is 2.45. The summed E-state index contributed by atoms with van der Waals surface area (Å²) in [6.45, 7) is 2.41. The summed E-state index contributed by atoms with van der Waals surface area (Å²) in [4.78, 5) is 7.56. The van der Waals surface area contributed by atoms with E-state index in [2.05, 4.69) is 20.4 Å². The van der Waals surface area contributed by atoms with Crippen molar-refractivity contribution in [2.75, 3.05) is 11.9 Å². The van der Waals surface area contributed by atoms with Crippen LogP contribution in [0.2, 0.25) is 0 Å². The summed E-state index contributed by atoms with van der Waals surface area (Å²) in [6.07, 6.45) is -2.11. The van der Waals surface area contributed by atoms with Crippen molar-refractivity contribution in [1.82, 2.24) is 19.7 Å². The smallest absolute Gasteiger partial charge is 0.354 e.